The molecule has 7 nitrogen and oxygen atoms in total. The van der Waals surface area contributed by atoms with E-state index in [-0.39, 0.29) is 23.7 Å². The maximum Gasteiger partial charge on any atom is 0.229 e. The Kier molecular flexibility index (Phi) is 3.62. The van der Waals surface area contributed by atoms with Gasteiger partial charge in [-0.15, -0.1) is 0 Å². The second-order valence-electron chi connectivity index (χ2n) is 3.33. The molecular weight excluding hydrogens is 196 g/mol. The largest absolute Gasteiger partial charge is 0.370 e. The Bertz CT molecular complexity index is 310. The number of carbonyl (C=O) groups is 1. The van der Waals surface area contributed by atoms with Gasteiger partial charge in [-0.2, -0.15) is 0 Å². The van der Waals surface area contributed by atoms with Crippen molar-refractivity contribution in [2.24, 2.45) is 27.4 Å². The van der Waals surface area contributed by atoms with Gasteiger partial charge in [-0.25, -0.2) is 9.98 Å². The highest BCUT2D eigenvalue weighted by Gasteiger charge is 2.16. The zero-order valence-electron chi connectivity index (χ0n) is 8.82. The van der Waals surface area contributed by atoms with Crippen LogP contribution in [0.5, 0.6) is 0 Å². The number of amides is 1. The molecule has 1 aliphatic rings. The van der Waals surface area contributed by atoms with E-state index in [1.165, 1.54) is 0 Å². The summed E-state index contributed by atoms with van der Waals surface area (Å²) in [5, 5.41) is 5.21. The van der Waals surface area contributed by atoms with Gasteiger partial charge in [-0.05, 0) is 6.42 Å². The average Bonchev–Trinajstić information content (AvgIpc) is 2.14. The molecule has 0 fully saturated rings. The van der Waals surface area contributed by atoms with Gasteiger partial charge in [-0.1, -0.05) is 13.8 Å². The molecule has 84 valence electrons. The van der Waals surface area contributed by atoms with E-state index < -0.39 is 6.29 Å². The third-order valence-electron chi connectivity index (χ3n) is 2.08. The van der Waals surface area contributed by atoms with E-state index in [1.54, 1.807) is 0 Å². The van der Waals surface area contributed by atoms with Crippen LogP contribution in [-0.2, 0) is 4.79 Å². The molecule has 0 aliphatic carbocycles. The molecule has 2 unspecified atom stereocenters. The lowest BCUT2D eigenvalue weighted by atomic mass is 10.1. The highest BCUT2D eigenvalue weighted by molar-refractivity contribution is 6.06. The smallest absolute Gasteiger partial charge is 0.229 e. The Hall–Kier alpha value is -1.63. The zero-order valence-corrected chi connectivity index (χ0v) is 8.82. The third-order valence-corrected chi connectivity index (χ3v) is 2.08. The van der Waals surface area contributed by atoms with Gasteiger partial charge in [0.15, 0.2) is 12.2 Å². The van der Waals surface area contributed by atoms with E-state index >= 15 is 0 Å². The van der Waals surface area contributed by atoms with Crippen LogP contribution in [0.3, 0.4) is 0 Å². The molecule has 0 radical (unpaired) electrons. The molecule has 15 heavy (non-hydrogen) atoms. The first-order valence-electron chi connectivity index (χ1n) is 4.77. The van der Waals surface area contributed by atoms with E-state index in [9.17, 15) is 4.79 Å². The van der Waals surface area contributed by atoms with E-state index in [4.69, 9.17) is 11.5 Å². The van der Waals surface area contributed by atoms with Crippen LogP contribution >= 0.6 is 0 Å². The minimum absolute atomic E-state index is 0.0779. The highest BCUT2D eigenvalue weighted by Crippen LogP contribution is 2.00. The lowest BCUT2D eigenvalue weighted by molar-refractivity contribution is -0.123. The number of hydrogen-bond donors (Lipinski definition) is 4. The SMILES string of the molecule is CCC(C)C(=O)NC1=NC(N)N=C(N)N1. The number of aliphatic imine (C=N–C) groups is 2. The number of guanidine groups is 2. The maximum absolute atomic E-state index is 11.5. The average molecular weight is 212 g/mol. The number of hydrogen-bond acceptors (Lipinski definition) is 6. The third kappa shape index (κ3) is 3.21. The Morgan fingerprint density at radius 1 is 1.67 bits per heavy atom. The standard InChI is InChI=1S/C8H16N6O/c1-3-4(2)5(15)11-8-13-6(9)12-7(10)14-8/h4,6H,3,9H2,1-2H3,(H4,10,11,12,13,14,15). The normalized spacial score (nSPS) is 22.2. The summed E-state index contributed by atoms with van der Waals surface area (Å²) in [5.74, 6) is 0.203. The van der Waals surface area contributed by atoms with Crippen molar-refractivity contribution in [3.05, 3.63) is 0 Å². The Labute approximate surface area is 88.0 Å². The fourth-order valence-electron chi connectivity index (χ4n) is 0.978. The number of carbonyl (C=O) groups excluding carboxylic acids is 1. The summed E-state index contributed by atoms with van der Waals surface area (Å²) >= 11 is 0. The van der Waals surface area contributed by atoms with Crippen molar-refractivity contribution in [3.8, 4) is 0 Å². The molecule has 6 N–H and O–H groups in total. The van der Waals surface area contributed by atoms with Crippen molar-refractivity contribution >= 4 is 17.8 Å². The second kappa shape index (κ2) is 4.74. The van der Waals surface area contributed by atoms with Crippen molar-refractivity contribution < 1.29 is 4.79 Å². The van der Waals surface area contributed by atoms with Crippen LogP contribution in [0.15, 0.2) is 9.98 Å². The van der Waals surface area contributed by atoms with Crippen LogP contribution in [0.25, 0.3) is 0 Å². The Morgan fingerprint density at radius 3 is 2.87 bits per heavy atom. The Morgan fingerprint density at radius 2 is 2.33 bits per heavy atom. The van der Waals surface area contributed by atoms with Gasteiger partial charge in [0.05, 0.1) is 0 Å². The summed E-state index contributed by atoms with van der Waals surface area (Å²) in [6, 6.07) is 0. The van der Waals surface area contributed by atoms with Gasteiger partial charge in [-0.3, -0.25) is 21.2 Å². The van der Waals surface area contributed by atoms with E-state index in [2.05, 4.69) is 20.6 Å². The van der Waals surface area contributed by atoms with Gasteiger partial charge in [0.25, 0.3) is 0 Å². The topological polar surface area (TPSA) is 118 Å². The molecule has 7 heteroatoms. The molecule has 0 aromatic heterocycles. The van der Waals surface area contributed by atoms with Crippen LogP contribution in [0.2, 0.25) is 0 Å². The molecule has 0 spiro atoms. The predicted molar refractivity (Wildman–Crippen MR) is 57.8 cm³/mol. The number of nitrogens with zero attached hydrogens (tertiary/aromatic N) is 2. The van der Waals surface area contributed by atoms with Crippen molar-refractivity contribution in [3.63, 3.8) is 0 Å². The highest BCUT2D eigenvalue weighted by atomic mass is 16.2. The quantitative estimate of drug-likeness (QED) is 0.453. The first-order chi connectivity index (χ1) is 7.02. The van der Waals surface area contributed by atoms with Crippen molar-refractivity contribution in [1.82, 2.24) is 10.6 Å². The molecule has 0 saturated carbocycles. The minimum atomic E-state index is -0.751. The lowest BCUT2D eigenvalue weighted by Gasteiger charge is -2.18. The number of nitrogens with one attached hydrogen (secondary N) is 2. The molecule has 0 bridgehead atoms. The van der Waals surface area contributed by atoms with E-state index in [0.29, 0.717) is 0 Å². The first-order valence-corrected chi connectivity index (χ1v) is 4.77. The summed E-state index contributed by atoms with van der Waals surface area (Å²) in [7, 11) is 0. The van der Waals surface area contributed by atoms with E-state index in [0.717, 1.165) is 6.42 Å². The molecule has 0 aromatic rings. The predicted octanol–water partition coefficient (Wildman–Crippen LogP) is -1.34. The molecule has 0 aromatic carbocycles. The summed E-state index contributed by atoms with van der Waals surface area (Å²) in [4.78, 5) is 19.1. The van der Waals surface area contributed by atoms with E-state index in [1.807, 2.05) is 13.8 Å². The number of rotatable bonds is 2. The van der Waals surface area contributed by atoms with Crippen LogP contribution in [0, 0.1) is 5.92 Å². The first kappa shape index (κ1) is 11.4. The molecule has 1 rings (SSSR count). The summed E-state index contributed by atoms with van der Waals surface area (Å²) in [6.45, 7) is 3.76. The van der Waals surface area contributed by atoms with Crippen LogP contribution in [0.4, 0.5) is 0 Å². The van der Waals surface area contributed by atoms with Crippen LogP contribution in [-0.4, -0.2) is 24.1 Å². The zero-order chi connectivity index (χ0) is 11.4. The van der Waals surface area contributed by atoms with Crippen molar-refractivity contribution in [2.45, 2.75) is 26.6 Å². The second-order valence-corrected chi connectivity index (χ2v) is 3.33. The summed E-state index contributed by atoms with van der Waals surface area (Å²) in [5.41, 5.74) is 10.9. The fraction of sp³-hybridized carbons (Fsp3) is 0.625. The van der Waals surface area contributed by atoms with Gasteiger partial charge >= 0.3 is 0 Å². The molecule has 1 amide bonds. The fourth-order valence-corrected chi connectivity index (χ4v) is 0.978. The molecule has 2 atom stereocenters. The van der Waals surface area contributed by atoms with Gasteiger partial charge in [0, 0.05) is 5.92 Å². The number of nitrogens with two attached hydrogens (primary N) is 2. The van der Waals surface area contributed by atoms with Gasteiger partial charge in [0.2, 0.25) is 11.9 Å². The van der Waals surface area contributed by atoms with Gasteiger partial charge in [0.1, 0.15) is 0 Å². The van der Waals surface area contributed by atoms with Crippen LogP contribution in [0.1, 0.15) is 20.3 Å². The maximum atomic E-state index is 11.5. The van der Waals surface area contributed by atoms with Gasteiger partial charge < -0.3 is 5.73 Å². The van der Waals surface area contributed by atoms with Crippen LogP contribution < -0.4 is 22.1 Å². The molecule has 1 heterocycles. The molecule has 0 saturated heterocycles. The minimum Gasteiger partial charge on any atom is -0.370 e. The Balaban J connectivity index is 2.56. The van der Waals surface area contributed by atoms with Crippen molar-refractivity contribution in [1.29, 1.82) is 0 Å². The molecular formula is C8H16N6O. The summed E-state index contributed by atoms with van der Waals surface area (Å²) < 4.78 is 0. The monoisotopic (exact) mass is 212 g/mol. The lowest BCUT2D eigenvalue weighted by Crippen LogP contribution is -2.52. The molecule has 1 aliphatic heterocycles. The van der Waals surface area contributed by atoms with Crippen molar-refractivity contribution in [2.75, 3.05) is 0 Å². The summed E-state index contributed by atoms with van der Waals surface area (Å²) in [6.07, 6.45) is 0.00726.